The lowest BCUT2D eigenvalue weighted by molar-refractivity contribution is 0.270. The molecule has 0 heterocycles. The molecule has 0 atom stereocenters. The Kier molecular flexibility index (Phi) is 6.70. The highest BCUT2D eigenvalue weighted by Gasteiger charge is 2.02. The molecule has 0 aromatic rings. The summed E-state index contributed by atoms with van der Waals surface area (Å²) in [6.07, 6.45) is 2.43. The fourth-order valence-corrected chi connectivity index (χ4v) is 0.646. The molecule has 0 saturated carbocycles. The maximum absolute atomic E-state index is 8.49. The van der Waals surface area contributed by atoms with Crippen molar-refractivity contribution in [3.8, 4) is 0 Å². The molecule has 0 aromatic carbocycles. The fraction of sp³-hybridized carbons (Fsp3) is 1.00. The number of rotatable bonds is 5. The SMILES string of the molecule is CCCCCOB(O)S. The Morgan fingerprint density at radius 2 is 2.22 bits per heavy atom. The Balaban J connectivity index is 2.75. The van der Waals surface area contributed by atoms with E-state index in [1.165, 1.54) is 6.42 Å². The van der Waals surface area contributed by atoms with Crippen molar-refractivity contribution in [2.24, 2.45) is 0 Å². The molecule has 1 N–H and O–H groups in total. The van der Waals surface area contributed by atoms with Crippen LogP contribution in [0.1, 0.15) is 26.2 Å². The number of hydrogen-bond donors (Lipinski definition) is 2. The van der Waals surface area contributed by atoms with E-state index in [9.17, 15) is 0 Å². The third-order valence-corrected chi connectivity index (χ3v) is 1.16. The number of unbranched alkanes of at least 4 members (excludes halogenated alkanes) is 2. The molecular weight excluding hydrogens is 135 g/mol. The van der Waals surface area contributed by atoms with Gasteiger partial charge in [-0.2, -0.15) is 12.5 Å². The van der Waals surface area contributed by atoms with Gasteiger partial charge in [0.15, 0.2) is 0 Å². The van der Waals surface area contributed by atoms with Gasteiger partial charge in [0.2, 0.25) is 0 Å². The van der Waals surface area contributed by atoms with Gasteiger partial charge in [0.25, 0.3) is 0 Å². The van der Waals surface area contributed by atoms with Gasteiger partial charge in [-0.15, -0.1) is 0 Å². The summed E-state index contributed by atoms with van der Waals surface area (Å²) >= 11 is 3.63. The van der Waals surface area contributed by atoms with Crippen molar-refractivity contribution in [1.82, 2.24) is 0 Å². The zero-order chi connectivity index (χ0) is 7.11. The molecule has 0 fully saturated rings. The molecule has 0 aliphatic carbocycles. The van der Waals surface area contributed by atoms with Gasteiger partial charge in [-0.1, -0.05) is 19.8 Å². The summed E-state index contributed by atoms with van der Waals surface area (Å²) in [6.45, 7) is 2.73. The van der Waals surface area contributed by atoms with Crippen LogP contribution in [-0.2, 0) is 4.65 Å². The monoisotopic (exact) mass is 148 g/mol. The molecule has 2 nitrogen and oxygen atoms in total. The summed E-state index contributed by atoms with van der Waals surface area (Å²) in [6, 6.07) is 0. The van der Waals surface area contributed by atoms with Gasteiger partial charge in [0.05, 0.1) is 0 Å². The van der Waals surface area contributed by atoms with Crippen LogP contribution in [0.15, 0.2) is 0 Å². The normalized spacial score (nSPS) is 9.67. The van der Waals surface area contributed by atoms with Crippen molar-refractivity contribution in [3.05, 3.63) is 0 Å². The summed E-state index contributed by atoms with van der Waals surface area (Å²) in [5.41, 5.74) is 0. The van der Waals surface area contributed by atoms with Crippen molar-refractivity contribution in [1.29, 1.82) is 0 Å². The molecule has 0 radical (unpaired) electrons. The fourth-order valence-electron chi connectivity index (χ4n) is 0.541. The van der Waals surface area contributed by atoms with Gasteiger partial charge < -0.3 is 9.68 Å². The van der Waals surface area contributed by atoms with Gasteiger partial charge >= 0.3 is 6.40 Å². The van der Waals surface area contributed by atoms with Gasteiger partial charge in [0, 0.05) is 6.61 Å². The largest absolute Gasteiger partial charge is 0.525 e. The van der Waals surface area contributed by atoms with E-state index >= 15 is 0 Å². The Morgan fingerprint density at radius 3 is 2.67 bits per heavy atom. The van der Waals surface area contributed by atoms with Crippen LogP contribution in [0, 0.1) is 0 Å². The Labute approximate surface area is 62.1 Å². The summed E-state index contributed by atoms with van der Waals surface area (Å²) in [5.74, 6) is 0. The molecule has 0 aliphatic heterocycles. The Bertz CT molecular complexity index is 60.9. The van der Waals surface area contributed by atoms with Crippen LogP contribution < -0.4 is 0 Å². The Morgan fingerprint density at radius 1 is 1.56 bits per heavy atom. The van der Waals surface area contributed by atoms with Gasteiger partial charge in [-0.05, 0) is 6.42 Å². The van der Waals surface area contributed by atoms with Crippen molar-refractivity contribution in [2.45, 2.75) is 26.2 Å². The van der Waals surface area contributed by atoms with Crippen LogP contribution >= 0.6 is 12.5 Å². The molecular formula is C5H13BO2S. The topological polar surface area (TPSA) is 29.5 Å². The lowest BCUT2D eigenvalue weighted by Gasteiger charge is -2.00. The summed E-state index contributed by atoms with van der Waals surface area (Å²) in [4.78, 5) is 0. The molecule has 0 aliphatic rings. The molecule has 0 bridgehead atoms. The highest BCUT2D eigenvalue weighted by atomic mass is 32.1. The molecule has 0 spiro atoms. The first-order valence-corrected chi connectivity index (χ1v) is 3.76. The molecule has 0 unspecified atom stereocenters. The maximum Gasteiger partial charge on any atom is 0.525 e. The second-order valence-corrected chi connectivity index (χ2v) is 2.35. The molecule has 0 aromatic heterocycles. The average molecular weight is 148 g/mol. The average Bonchev–Trinajstić information content (AvgIpc) is 1.80. The highest BCUT2D eigenvalue weighted by molar-refractivity contribution is 8.08. The molecule has 9 heavy (non-hydrogen) atoms. The van der Waals surface area contributed by atoms with Crippen LogP contribution in [0.3, 0.4) is 0 Å². The standard InChI is InChI=1S/C5H13BO2S/c1-2-3-4-5-8-6(7)9/h7,9H,2-5H2,1H3. The summed E-state index contributed by atoms with van der Waals surface area (Å²) in [7, 11) is 0. The minimum absolute atomic E-state index is 0.610. The molecule has 0 rings (SSSR count). The smallest absolute Gasteiger partial charge is 0.418 e. The molecule has 0 saturated heterocycles. The first-order chi connectivity index (χ1) is 4.27. The van der Waals surface area contributed by atoms with Crippen molar-refractivity contribution in [2.75, 3.05) is 6.61 Å². The quantitative estimate of drug-likeness (QED) is 0.347. The van der Waals surface area contributed by atoms with E-state index in [0.29, 0.717) is 6.61 Å². The van der Waals surface area contributed by atoms with Crippen molar-refractivity contribution >= 4 is 18.9 Å². The third kappa shape index (κ3) is 8.33. The van der Waals surface area contributed by atoms with Crippen LogP contribution in [0.2, 0.25) is 0 Å². The van der Waals surface area contributed by atoms with Crippen molar-refractivity contribution < 1.29 is 9.68 Å². The minimum Gasteiger partial charge on any atom is -0.418 e. The van der Waals surface area contributed by atoms with E-state index < -0.39 is 6.40 Å². The molecule has 0 amide bonds. The first-order valence-electron chi connectivity index (χ1n) is 3.25. The van der Waals surface area contributed by atoms with Crippen molar-refractivity contribution in [3.63, 3.8) is 0 Å². The minimum atomic E-state index is -0.901. The van der Waals surface area contributed by atoms with Gasteiger partial charge in [0.1, 0.15) is 0 Å². The van der Waals surface area contributed by atoms with E-state index in [0.717, 1.165) is 12.8 Å². The van der Waals surface area contributed by atoms with E-state index in [4.69, 9.17) is 9.68 Å². The number of hydrogen-bond acceptors (Lipinski definition) is 3. The highest BCUT2D eigenvalue weighted by Crippen LogP contribution is 1.95. The Hall–Kier alpha value is 0.335. The van der Waals surface area contributed by atoms with E-state index in [2.05, 4.69) is 19.4 Å². The summed E-state index contributed by atoms with van der Waals surface area (Å²) in [5, 5.41) is 8.49. The van der Waals surface area contributed by atoms with Gasteiger partial charge in [-0.25, -0.2) is 0 Å². The second-order valence-electron chi connectivity index (χ2n) is 1.90. The maximum atomic E-state index is 8.49. The van der Waals surface area contributed by atoms with Crippen LogP contribution in [0.4, 0.5) is 0 Å². The van der Waals surface area contributed by atoms with E-state index in [1.807, 2.05) is 0 Å². The molecule has 54 valence electrons. The second kappa shape index (κ2) is 6.45. The summed E-state index contributed by atoms with van der Waals surface area (Å²) < 4.78 is 4.76. The zero-order valence-electron chi connectivity index (χ0n) is 5.71. The third-order valence-electron chi connectivity index (χ3n) is 1.01. The van der Waals surface area contributed by atoms with Crippen LogP contribution in [-0.4, -0.2) is 18.0 Å². The lowest BCUT2D eigenvalue weighted by atomic mass is 10.2. The number of thiol groups is 1. The molecule has 4 heteroatoms. The van der Waals surface area contributed by atoms with Crippen LogP contribution in [0.5, 0.6) is 0 Å². The first kappa shape index (κ1) is 9.33. The lowest BCUT2D eigenvalue weighted by Crippen LogP contribution is -2.10. The predicted molar refractivity (Wildman–Crippen MR) is 42.4 cm³/mol. The van der Waals surface area contributed by atoms with E-state index in [1.54, 1.807) is 0 Å². The van der Waals surface area contributed by atoms with Gasteiger partial charge in [-0.3, -0.25) is 0 Å². The predicted octanol–water partition coefficient (Wildman–Crippen LogP) is 1.10. The van der Waals surface area contributed by atoms with Crippen LogP contribution in [0.25, 0.3) is 0 Å². The zero-order valence-corrected chi connectivity index (χ0v) is 6.60. The van der Waals surface area contributed by atoms with E-state index in [-0.39, 0.29) is 0 Å².